The van der Waals surface area contributed by atoms with E-state index in [-0.39, 0.29) is 17.4 Å². The third kappa shape index (κ3) is 5.15. The molecule has 9 nitrogen and oxygen atoms in total. The number of nitrogens with zero attached hydrogens (tertiary/aromatic N) is 3. The molecule has 3 aromatic carbocycles. The number of carbonyl (C=O) groups is 2. The zero-order valence-electron chi connectivity index (χ0n) is 23.0. The average molecular weight is 541 g/mol. The number of benzene rings is 3. The largest absolute Gasteiger partial charge is 0.496 e. The van der Waals surface area contributed by atoms with Gasteiger partial charge < -0.3 is 24.9 Å². The van der Waals surface area contributed by atoms with Crippen LogP contribution in [0.1, 0.15) is 37.7 Å². The molecule has 4 aromatic rings. The smallest absolute Gasteiger partial charge is 0.277 e. The lowest BCUT2D eigenvalue weighted by molar-refractivity contribution is 0.0303. The lowest BCUT2D eigenvalue weighted by Crippen LogP contribution is -2.40. The van der Waals surface area contributed by atoms with Gasteiger partial charge in [0.25, 0.3) is 11.8 Å². The van der Waals surface area contributed by atoms with Crippen LogP contribution in [0.25, 0.3) is 22.5 Å². The standard InChI is InChI=1S/C31H32N4O5/c1-19-7-5-8-20(2)27(19)25-18-22(11-12-26(25)39-4)29-32-21(3)28(35(29)38)30(36)33-24-10-6-9-23(17-24)31(37)34-13-15-40-16-14-34/h5-12,17-18,38H,13-16H2,1-4H3,(H,33,36). The van der Waals surface area contributed by atoms with Gasteiger partial charge in [0.1, 0.15) is 5.75 Å². The van der Waals surface area contributed by atoms with Crippen LogP contribution >= 0.6 is 0 Å². The Balaban J connectivity index is 1.44. The average Bonchev–Trinajstić information content (AvgIpc) is 3.26. The summed E-state index contributed by atoms with van der Waals surface area (Å²) in [5.41, 5.74) is 5.98. The summed E-state index contributed by atoms with van der Waals surface area (Å²) in [6.45, 7) is 7.80. The van der Waals surface area contributed by atoms with Gasteiger partial charge in [-0.15, -0.1) is 0 Å². The first kappa shape index (κ1) is 27.0. The zero-order valence-corrected chi connectivity index (χ0v) is 23.0. The minimum Gasteiger partial charge on any atom is -0.496 e. The van der Waals surface area contributed by atoms with E-state index in [0.717, 1.165) is 27.0 Å². The van der Waals surface area contributed by atoms with Crippen LogP contribution in [-0.4, -0.2) is 65.0 Å². The van der Waals surface area contributed by atoms with E-state index < -0.39 is 5.91 Å². The van der Waals surface area contributed by atoms with Gasteiger partial charge in [-0.3, -0.25) is 9.59 Å². The van der Waals surface area contributed by atoms with E-state index >= 15 is 0 Å². The first-order valence-corrected chi connectivity index (χ1v) is 13.1. The number of imidazole rings is 1. The van der Waals surface area contributed by atoms with E-state index in [1.807, 2.05) is 44.2 Å². The fraction of sp³-hybridized carbons (Fsp3) is 0.258. The van der Waals surface area contributed by atoms with Crippen LogP contribution in [0.2, 0.25) is 0 Å². The monoisotopic (exact) mass is 540 g/mol. The molecule has 0 aliphatic carbocycles. The highest BCUT2D eigenvalue weighted by Crippen LogP contribution is 2.37. The topological polar surface area (TPSA) is 106 Å². The number of carbonyl (C=O) groups excluding carboxylic acids is 2. The lowest BCUT2D eigenvalue weighted by atomic mass is 9.93. The molecule has 1 aromatic heterocycles. The predicted octanol–water partition coefficient (Wildman–Crippen LogP) is 5.11. The zero-order chi connectivity index (χ0) is 28.4. The Morgan fingerprint density at radius 1 is 0.975 bits per heavy atom. The van der Waals surface area contributed by atoms with Crippen LogP contribution in [0.15, 0.2) is 60.7 Å². The second-order valence-electron chi connectivity index (χ2n) is 9.80. The van der Waals surface area contributed by atoms with Crippen molar-refractivity contribution >= 4 is 17.5 Å². The second kappa shape index (κ2) is 11.2. The number of rotatable bonds is 6. The van der Waals surface area contributed by atoms with Crippen molar-refractivity contribution in [1.82, 2.24) is 14.6 Å². The summed E-state index contributed by atoms with van der Waals surface area (Å²) in [5, 5.41) is 13.9. The second-order valence-corrected chi connectivity index (χ2v) is 9.80. The minimum atomic E-state index is -0.543. The summed E-state index contributed by atoms with van der Waals surface area (Å²) in [4.78, 5) is 32.4. The van der Waals surface area contributed by atoms with E-state index in [1.165, 1.54) is 0 Å². The van der Waals surface area contributed by atoms with Crippen molar-refractivity contribution in [3.05, 3.63) is 88.7 Å². The predicted molar refractivity (Wildman–Crippen MR) is 152 cm³/mol. The third-order valence-electron chi connectivity index (χ3n) is 7.12. The molecule has 0 radical (unpaired) electrons. The molecular formula is C31H32N4O5. The Labute approximate surface area is 232 Å². The Kier molecular flexibility index (Phi) is 7.57. The molecule has 1 aliphatic rings. The minimum absolute atomic E-state index is 0.00403. The summed E-state index contributed by atoms with van der Waals surface area (Å²) < 4.78 is 11.8. The van der Waals surface area contributed by atoms with Gasteiger partial charge in [0.2, 0.25) is 0 Å². The maximum Gasteiger partial charge on any atom is 0.277 e. The molecule has 0 atom stereocenters. The van der Waals surface area contributed by atoms with Crippen LogP contribution in [-0.2, 0) is 4.74 Å². The number of anilines is 1. The number of hydrogen-bond donors (Lipinski definition) is 2. The van der Waals surface area contributed by atoms with E-state index in [1.54, 1.807) is 49.3 Å². The molecule has 0 saturated carbocycles. The first-order chi connectivity index (χ1) is 19.3. The van der Waals surface area contributed by atoms with Crippen molar-refractivity contribution < 1.29 is 24.3 Å². The number of hydrogen-bond acceptors (Lipinski definition) is 6. The molecule has 1 saturated heterocycles. The molecule has 2 amide bonds. The van der Waals surface area contributed by atoms with Crippen LogP contribution in [0, 0.1) is 20.8 Å². The highest BCUT2D eigenvalue weighted by atomic mass is 16.5. The van der Waals surface area contributed by atoms with Crippen LogP contribution < -0.4 is 10.1 Å². The van der Waals surface area contributed by atoms with Gasteiger partial charge in [0.05, 0.1) is 26.0 Å². The van der Waals surface area contributed by atoms with E-state index in [9.17, 15) is 14.8 Å². The summed E-state index contributed by atoms with van der Waals surface area (Å²) in [6, 6.07) is 18.4. The van der Waals surface area contributed by atoms with Gasteiger partial charge in [-0.1, -0.05) is 24.3 Å². The maximum absolute atomic E-state index is 13.3. The van der Waals surface area contributed by atoms with Crippen LogP contribution in [0.4, 0.5) is 5.69 Å². The van der Waals surface area contributed by atoms with Gasteiger partial charge in [0, 0.05) is 35.5 Å². The highest BCUT2D eigenvalue weighted by molar-refractivity contribution is 6.05. The van der Waals surface area contributed by atoms with Crippen LogP contribution in [0.3, 0.4) is 0 Å². The van der Waals surface area contributed by atoms with Crippen molar-refractivity contribution in [3.8, 4) is 28.3 Å². The normalized spacial score (nSPS) is 13.2. The molecule has 0 spiro atoms. The van der Waals surface area contributed by atoms with Gasteiger partial charge in [-0.25, -0.2) is 4.98 Å². The van der Waals surface area contributed by atoms with E-state index in [2.05, 4.69) is 10.3 Å². The molecule has 206 valence electrons. The number of morpholine rings is 1. The summed E-state index contributed by atoms with van der Waals surface area (Å²) in [6.07, 6.45) is 0. The Bertz CT molecular complexity index is 1570. The van der Waals surface area contributed by atoms with Crippen molar-refractivity contribution in [1.29, 1.82) is 0 Å². The molecule has 2 N–H and O–H groups in total. The molecule has 40 heavy (non-hydrogen) atoms. The number of ether oxygens (including phenoxy) is 2. The number of aromatic nitrogens is 2. The highest BCUT2D eigenvalue weighted by Gasteiger charge is 2.24. The molecule has 1 fully saturated rings. The molecular weight excluding hydrogens is 508 g/mol. The Morgan fingerprint density at radius 2 is 1.68 bits per heavy atom. The third-order valence-corrected chi connectivity index (χ3v) is 7.12. The number of nitrogens with one attached hydrogen (secondary N) is 1. The summed E-state index contributed by atoms with van der Waals surface area (Å²) in [7, 11) is 1.62. The van der Waals surface area contributed by atoms with Crippen molar-refractivity contribution in [2.75, 3.05) is 38.7 Å². The molecule has 1 aliphatic heterocycles. The molecule has 2 heterocycles. The van der Waals surface area contributed by atoms with Crippen LogP contribution in [0.5, 0.6) is 5.75 Å². The van der Waals surface area contributed by atoms with Crippen molar-refractivity contribution in [2.24, 2.45) is 0 Å². The molecule has 5 rings (SSSR count). The SMILES string of the molecule is COc1ccc(-c2nc(C)c(C(=O)Nc3cccc(C(=O)N4CCOCC4)c3)n2O)cc1-c1c(C)cccc1C. The van der Waals surface area contributed by atoms with Gasteiger partial charge >= 0.3 is 0 Å². The van der Waals surface area contributed by atoms with E-state index in [0.29, 0.717) is 54.6 Å². The Hall–Kier alpha value is -4.63. The number of aryl methyl sites for hydroxylation is 3. The number of amides is 2. The van der Waals surface area contributed by atoms with E-state index in [4.69, 9.17) is 9.47 Å². The quantitative estimate of drug-likeness (QED) is 0.329. The van der Waals surface area contributed by atoms with Gasteiger partial charge in [-0.05, 0) is 73.9 Å². The lowest BCUT2D eigenvalue weighted by Gasteiger charge is -2.27. The number of methoxy groups -OCH3 is 1. The Morgan fingerprint density at radius 3 is 2.38 bits per heavy atom. The fourth-order valence-electron chi connectivity index (χ4n) is 5.12. The van der Waals surface area contributed by atoms with Gasteiger partial charge in [-0.2, -0.15) is 4.73 Å². The molecule has 0 bridgehead atoms. The summed E-state index contributed by atoms with van der Waals surface area (Å²) >= 11 is 0. The molecule has 9 heteroatoms. The van der Waals surface area contributed by atoms with Crippen molar-refractivity contribution in [2.45, 2.75) is 20.8 Å². The first-order valence-electron chi connectivity index (χ1n) is 13.1. The summed E-state index contributed by atoms with van der Waals surface area (Å²) in [5.74, 6) is 0.259. The van der Waals surface area contributed by atoms with Crippen molar-refractivity contribution in [3.63, 3.8) is 0 Å². The fourth-order valence-corrected chi connectivity index (χ4v) is 5.12. The van der Waals surface area contributed by atoms with Gasteiger partial charge in [0.15, 0.2) is 11.5 Å². The molecule has 0 unspecified atom stereocenters. The maximum atomic E-state index is 13.3.